The van der Waals surface area contributed by atoms with Crippen LogP contribution in [0.25, 0.3) is 0 Å². The van der Waals surface area contributed by atoms with Crippen LogP contribution in [0.2, 0.25) is 0 Å². The van der Waals surface area contributed by atoms with Crippen molar-refractivity contribution in [3.8, 4) is 5.75 Å². The summed E-state index contributed by atoms with van der Waals surface area (Å²) in [6.45, 7) is 1.02. The Kier molecular flexibility index (Phi) is 6.47. The zero-order valence-electron chi connectivity index (χ0n) is 13.8. The first-order valence-corrected chi connectivity index (χ1v) is 7.70. The number of esters is 1. The molecule has 1 N–H and O–H groups in total. The molecule has 0 amide bonds. The van der Waals surface area contributed by atoms with Crippen LogP contribution in [0.15, 0.2) is 48.5 Å². The van der Waals surface area contributed by atoms with Gasteiger partial charge in [-0.2, -0.15) is 0 Å². The number of hydrogen-bond acceptors (Lipinski definition) is 6. The second kappa shape index (κ2) is 8.79. The molecular formula is C18H19NO6. The molecule has 0 unspecified atom stereocenters. The van der Waals surface area contributed by atoms with Gasteiger partial charge in [0.2, 0.25) is 0 Å². The molecule has 0 saturated heterocycles. The first kappa shape index (κ1) is 18.4. The summed E-state index contributed by atoms with van der Waals surface area (Å²) in [5.41, 5.74) is 1.05. The average molecular weight is 345 g/mol. The van der Waals surface area contributed by atoms with E-state index in [9.17, 15) is 20.0 Å². The number of hydrogen-bond donors (Lipinski definition) is 1. The molecule has 0 aromatic heterocycles. The molecule has 7 nitrogen and oxygen atoms in total. The maximum Gasteiger partial charge on any atom is 0.302 e. The number of aliphatic hydroxyl groups excluding tert-OH is 1. The SMILES string of the molecule is CC(=O)OC[C@H](CO)c1ccc(OCc2ccccc2)cc1[N+](=O)[O-]. The highest BCUT2D eigenvalue weighted by Gasteiger charge is 2.23. The van der Waals surface area contributed by atoms with Gasteiger partial charge >= 0.3 is 5.97 Å². The maximum absolute atomic E-state index is 11.4. The van der Waals surface area contributed by atoms with Crippen molar-refractivity contribution in [2.45, 2.75) is 19.4 Å². The van der Waals surface area contributed by atoms with Crippen LogP contribution in [0.1, 0.15) is 24.0 Å². The number of benzene rings is 2. The number of rotatable bonds is 8. The molecular weight excluding hydrogens is 326 g/mol. The second-order valence-corrected chi connectivity index (χ2v) is 5.43. The highest BCUT2D eigenvalue weighted by molar-refractivity contribution is 5.66. The Morgan fingerprint density at radius 1 is 1.24 bits per heavy atom. The van der Waals surface area contributed by atoms with Crippen LogP contribution in [0.5, 0.6) is 5.75 Å². The number of ether oxygens (including phenoxy) is 2. The fourth-order valence-electron chi connectivity index (χ4n) is 2.32. The van der Waals surface area contributed by atoms with Crippen LogP contribution in [0.4, 0.5) is 5.69 Å². The van der Waals surface area contributed by atoms with Gasteiger partial charge < -0.3 is 14.6 Å². The van der Waals surface area contributed by atoms with Crippen molar-refractivity contribution in [3.05, 3.63) is 69.8 Å². The summed E-state index contributed by atoms with van der Waals surface area (Å²) in [5, 5.41) is 20.8. The standard InChI is InChI=1S/C18H19NO6/c1-13(21)24-12-15(10-20)17-8-7-16(9-18(17)19(22)23)25-11-14-5-3-2-4-6-14/h2-9,15,20H,10-12H2,1H3/t15-/m0/s1. The molecule has 0 aliphatic carbocycles. The molecule has 0 saturated carbocycles. The summed E-state index contributed by atoms with van der Waals surface area (Å²) in [6, 6.07) is 13.9. The van der Waals surface area contributed by atoms with Gasteiger partial charge in [0.1, 0.15) is 19.0 Å². The lowest BCUT2D eigenvalue weighted by Gasteiger charge is -2.15. The molecule has 2 aromatic carbocycles. The van der Waals surface area contributed by atoms with Gasteiger partial charge in [-0.15, -0.1) is 0 Å². The fraction of sp³-hybridized carbons (Fsp3) is 0.278. The number of nitrogens with zero attached hydrogens (tertiary/aromatic N) is 1. The highest BCUT2D eigenvalue weighted by atomic mass is 16.6. The average Bonchev–Trinajstić information content (AvgIpc) is 2.61. The van der Waals surface area contributed by atoms with Crippen LogP contribution in [-0.2, 0) is 16.1 Å². The molecule has 0 heterocycles. The molecule has 0 fully saturated rings. The minimum absolute atomic E-state index is 0.128. The summed E-state index contributed by atoms with van der Waals surface area (Å²) in [6.07, 6.45) is 0. The Morgan fingerprint density at radius 3 is 2.56 bits per heavy atom. The van der Waals surface area contributed by atoms with Gasteiger partial charge in [0.25, 0.3) is 5.69 Å². The molecule has 132 valence electrons. The Morgan fingerprint density at radius 2 is 1.96 bits per heavy atom. The van der Waals surface area contributed by atoms with Gasteiger partial charge in [-0.3, -0.25) is 14.9 Å². The predicted molar refractivity (Wildman–Crippen MR) is 90.3 cm³/mol. The first-order chi connectivity index (χ1) is 12.0. The molecule has 2 rings (SSSR count). The van der Waals surface area contributed by atoms with Crippen molar-refractivity contribution in [2.24, 2.45) is 0 Å². The van der Waals surface area contributed by atoms with Gasteiger partial charge in [0.15, 0.2) is 0 Å². The first-order valence-electron chi connectivity index (χ1n) is 7.70. The van der Waals surface area contributed by atoms with Crippen LogP contribution >= 0.6 is 0 Å². The summed E-state index contributed by atoms with van der Waals surface area (Å²) < 4.78 is 10.5. The normalized spacial score (nSPS) is 11.6. The van der Waals surface area contributed by atoms with Crippen LogP contribution in [-0.4, -0.2) is 29.2 Å². The smallest absolute Gasteiger partial charge is 0.302 e. The predicted octanol–water partition coefficient (Wildman–Crippen LogP) is 2.81. The molecule has 2 aromatic rings. The molecule has 0 bridgehead atoms. The lowest BCUT2D eigenvalue weighted by atomic mass is 9.98. The topological polar surface area (TPSA) is 98.9 Å². The molecule has 1 atom stereocenters. The van der Waals surface area contributed by atoms with Gasteiger partial charge in [-0.1, -0.05) is 30.3 Å². The summed E-state index contributed by atoms with van der Waals surface area (Å²) in [5.74, 6) is -0.833. The van der Waals surface area contributed by atoms with Crippen molar-refractivity contribution in [3.63, 3.8) is 0 Å². The number of nitro benzene ring substituents is 1. The third-order valence-corrected chi connectivity index (χ3v) is 3.59. The van der Waals surface area contributed by atoms with Crippen molar-refractivity contribution >= 4 is 11.7 Å². The van der Waals surface area contributed by atoms with Crippen LogP contribution < -0.4 is 4.74 Å². The van der Waals surface area contributed by atoms with E-state index < -0.39 is 16.8 Å². The van der Waals surface area contributed by atoms with E-state index in [0.29, 0.717) is 11.3 Å². The van der Waals surface area contributed by atoms with Gasteiger partial charge in [0.05, 0.1) is 17.6 Å². The molecule has 0 spiro atoms. The minimum Gasteiger partial charge on any atom is -0.489 e. The minimum atomic E-state index is -0.674. The van der Waals surface area contributed by atoms with Gasteiger partial charge in [-0.05, 0) is 17.7 Å². The number of carbonyl (C=O) groups excluding carboxylic acids is 1. The summed E-state index contributed by atoms with van der Waals surface area (Å²) >= 11 is 0. The second-order valence-electron chi connectivity index (χ2n) is 5.43. The van der Waals surface area contributed by atoms with E-state index in [4.69, 9.17) is 9.47 Å². The largest absolute Gasteiger partial charge is 0.489 e. The van der Waals surface area contributed by atoms with E-state index in [1.165, 1.54) is 19.1 Å². The lowest BCUT2D eigenvalue weighted by Crippen LogP contribution is -2.15. The number of carbonyl (C=O) groups is 1. The fourth-order valence-corrected chi connectivity index (χ4v) is 2.32. The van der Waals surface area contributed by atoms with Crippen molar-refractivity contribution < 1.29 is 24.3 Å². The Hall–Kier alpha value is -2.93. The van der Waals surface area contributed by atoms with Gasteiger partial charge in [-0.25, -0.2) is 0 Å². The van der Waals surface area contributed by atoms with E-state index in [1.54, 1.807) is 6.07 Å². The molecule has 7 heteroatoms. The molecule has 0 radical (unpaired) electrons. The molecule has 0 aliphatic heterocycles. The quantitative estimate of drug-likeness (QED) is 0.449. The number of aliphatic hydroxyl groups is 1. The van der Waals surface area contributed by atoms with Gasteiger partial charge in [0, 0.05) is 18.4 Å². The molecule has 0 aliphatic rings. The third-order valence-electron chi connectivity index (χ3n) is 3.59. The highest BCUT2D eigenvalue weighted by Crippen LogP contribution is 2.31. The molecule has 25 heavy (non-hydrogen) atoms. The number of nitro groups is 1. The van der Waals surface area contributed by atoms with Crippen LogP contribution in [0.3, 0.4) is 0 Å². The Labute approximate surface area is 145 Å². The van der Waals surface area contributed by atoms with Crippen LogP contribution in [0, 0.1) is 10.1 Å². The maximum atomic E-state index is 11.4. The van der Waals surface area contributed by atoms with Crippen molar-refractivity contribution in [1.29, 1.82) is 0 Å². The zero-order valence-corrected chi connectivity index (χ0v) is 13.8. The van der Waals surface area contributed by atoms with E-state index in [0.717, 1.165) is 5.56 Å². The lowest BCUT2D eigenvalue weighted by molar-refractivity contribution is -0.385. The van der Waals surface area contributed by atoms with Crippen molar-refractivity contribution in [1.82, 2.24) is 0 Å². The zero-order chi connectivity index (χ0) is 18.2. The summed E-state index contributed by atoms with van der Waals surface area (Å²) in [7, 11) is 0. The van der Waals surface area contributed by atoms with E-state index in [2.05, 4.69) is 0 Å². The third kappa shape index (κ3) is 5.29. The van der Waals surface area contributed by atoms with Crippen molar-refractivity contribution in [2.75, 3.05) is 13.2 Å². The Balaban J connectivity index is 2.18. The Bertz CT molecular complexity index is 732. The van der Waals surface area contributed by atoms with E-state index >= 15 is 0 Å². The monoisotopic (exact) mass is 345 g/mol. The summed E-state index contributed by atoms with van der Waals surface area (Å²) in [4.78, 5) is 21.8. The van der Waals surface area contributed by atoms with E-state index in [1.807, 2.05) is 30.3 Å². The van der Waals surface area contributed by atoms with E-state index in [-0.39, 0.29) is 25.5 Å².